The summed E-state index contributed by atoms with van der Waals surface area (Å²) in [4.78, 5) is 10.7. The average Bonchev–Trinajstić information content (AvgIpc) is 2.30. The first kappa shape index (κ1) is 8.73. The van der Waals surface area contributed by atoms with Gasteiger partial charge in [-0.3, -0.25) is 4.79 Å². The lowest BCUT2D eigenvalue weighted by molar-refractivity contribution is -0.138. The normalized spacial score (nSPS) is 14.2. The highest BCUT2D eigenvalue weighted by Crippen LogP contribution is 2.21. The third kappa shape index (κ3) is 2.70. The first-order chi connectivity index (χ1) is 7.99. The van der Waals surface area contributed by atoms with E-state index in [4.69, 9.17) is 13.6 Å². The van der Waals surface area contributed by atoms with Crippen molar-refractivity contribution in [1.82, 2.24) is 0 Å². The Morgan fingerprint density at radius 2 is 2.07 bits per heavy atom. The number of carboxylic acids is 1. The van der Waals surface area contributed by atoms with Gasteiger partial charge in [0.2, 0.25) is 0 Å². The first-order valence-electron chi connectivity index (χ1n) is 5.81. The molecular weight excluding hydrogens is 194 g/mol. The van der Waals surface area contributed by atoms with Gasteiger partial charge in [-0.25, -0.2) is 0 Å². The van der Waals surface area contributed by atoms with Crippen LogP contribution in [-0.4, -0.2) is 22.2 Å². The number of nitrogens with two attached hydrogens (primary N) is 1. The molecule has 0 saturated carbocycles. The van der Waals surface area contributed by atoms with Crippen LogP contribution >= 0.6 is 0 Å². The van der Waals surface area contributed by atoms with Gasteiger partial charge in [0.05, 0.1) is 0 Å². The highest BCUT2D eigenvalue weighted by Gasteiger charge is 2.15. The molecule has 15 heavy (non-hydrogen) atoms. The molecule has 0 bridgehead atoms. The predicted octanol–water partition coefficient (Wildman–Crippen LogP) is 0.963. The molecule has 1 aromatic rings. The maximum Gasteiger partial charge on any atom is 0.320 e. The molecule has 82 valence electrons. The number of aryl methyl sites for hydroxylation is 2. The Kier molecular flexibility index (Phi) is 2.51. The highest BCUT2D eigenvalue weighted by molar-refractivity contribution is 5.73. The zero-order valence-corrected chi connectivity index (χ0v) is 8.23. The van der Waals surface area contributed by atoms with E-state index >= 15 is 0 Å². The van der Waals surface area contributed by atoms with Gasteiger partial charge in [-0.1, -0.05) is 0 Å². The van der Waals surface area contributed by atoms with Crippen molar-refractivity contribution in [3.8, 4) is 5.75 Å². The number of carbonyl (C=O) groups is 1. The van der Waals surface area contributed by atoms with Gasteiger partial charge < -0.3 is 15.9 Å². The van der Waals surface area contributed by atoms with Crippen LogP contribution < -0.4 is 5.73 Å². The van der Waals surface area contributed by atoms with Crippen LogP contribution in [0.3, 0.4) is 0 Å². The van der Waals surface area contributed by atoms with Gasteiger partial charge in [0.25, 0.3) is 0 Å². The van der Waals surface area contributed by atoms with E-state index in [0.717, 1.165) is 0 Å². The fourth-order valence-corrected chi connectivity index (χ4v) is 1.35. The van der Waals surface area contributed by atoms with Gasteiger partial charge in [0, 0.05) is 2.74 Å². The summed E-state index contributed by atoms with van der Waals surface area (Å²) >= 11 is 0. The number of rotatable bonds is 3. The molecule has 1 aromatic carbocycles. The maximum atomic E-state index is 10.7. The van der Waals surface area contributed by atoms with E-state index < -0.39 is 12.0 Å². The summed E-state index contributed by atoms with van der Waals surface area (Å²) in [7, 11) is 0. The molecule has 0 aromatic heterocycles. The number of hydrogen-bond acceptors (Lipinski definition) is 3. The van der Waals surface area contributed by atoms with Crippen molar-refractivity contribution >= 4 is 5.97 Å². The molecule has 0 aliphatic heterocycles. The second-order valence-corrected chi connectivity index (χ2v) is 3.39. The summed E-state index contributed by atoms with van der Waals surface area (Å²) in [6.45, 7) is -0.161. The van der Waals surface area contributed by atoms with Crippen molar-refractivity contribution in [3.63, 3.8) is 0 Å². The number of carboxylic acid groups (broad SMARTS) is 1. The first-order valence-corrected chi connectivity index (χ1v) is 4.40. The van der Waals surface area contributed by atoms with Crippen molar-refractivity contribution < 1.29 is 17.7 Å². The summed E-state index contributed by atoms with van der Waals surface area (Å²) in [6, 6.07) is 1.77. The molecule has 0 unspecified atom stereocenters. The second-order valence-electron chi connectivity index (χ2n) is 3.39. The van der Waals surface area contributed by atoms with Gasteiger partial charge in [0.1, 0.15) is 11.8 Å². The third-order valence-corrected chi connectivity index (χ3v) is 2.16. The van der Waals surface area contributed by atoms with Crippen LogP contribution in [0.25, 0.3) is 0 Å². The van der Waals surface area contributed by atoms with Gasteiger partial charge in [-0.05, 0) is 49.0 Å². The minimum atomic E-state index is -1.12. The number of aromatic hydroxyl groups is 1. The van der Waals surface area contributed by atoms with Crippen LogP contribution in [0.4, 0.5) is 0 Å². The minimum absolute atomic E-state index is 0.0119. The van der Waals surface area contributed by atoms with Crippen molar-refractivity contribution in [1.29, 1.82) is 0 Å². The Morgan fingerprint density at radius 1 is 1.53 bits per heavy atom. The lowest BCUT2D eigenvalue weighted by Gasteiger charge is -2.12. The maximum absolute atomic E-state index is 10.7. The van der Waals surface area contributed by atoms with Gasteiger partial charge >= 0.3 is 5.97 Å². The number of phenolic OH excluding ortho intramolecular Hbond substituents is 1. The Bertz CT molecular complexity index is 398. The van der Waals surface area contributed by atoms with Gasteiger partial charge in [-0.15, -0.1) is 0 Å². The zero-order chi connectivity index (χ0) is 13.0. The van der Waals surface area contributed by atoms with E-state index in [9.17, 15) is 9.90 Å². The van der Waals surface area contributed by atoms with Crippen LogP contribution in [0.15, 0.2) is 12.1 Å². The fraction of sp³-hybridized carbons (Fsp3) is 0.364. The van der Waals surface area contributed by atoms with Crippen molar-refractivity contribution in [3.05, 3.63) is 28.8 Å². The summed E-state index contributed by atoms with van der Waals surface area (Å²) in [6.07, 6.45) is 0.0675. The van der Waals surface area contributed by atoms with Crippen molar-refractivity contribution in [2.75, 3.05) is 0 Å². The lowest BCUT2D eigenvalue weighted by atomic mass is 9.96. The van der Waals surface area contributed by atoms with E-state index in [1.165, 1.54) is 12.1 Å². The number of benzene rings is 1. The number of hydrogen-bond donors (Lipinski definition) is 3. The Balaban J connectivity index is 3.15. The van der Waals surface area contributed by atoms with Crippen molar-refractivity contribution in [2.45, 2.75) is 26.3 Å². The molecule has 0 saturated heterocycles. The molecule has 1 atom stereocenters. The quantitative estimate of drug-likeness (QED) is 0.695. The Hall–Kier alpha value is -1.55. The van der Waals surface area contributed by atoms with Gasteiger partial charge in [-0.2, -0.15) is 0 Å². The van der Waals surface area contributed by atoms with Crippen LogP contribution in [-0.2, 0) is 11.2 Å². The average molecular weight is 211 g/mol. The molecule has 0 aliphatic carbocycles. The molecule has 0 spiro atoms. The van der Waals surface area contributed by atoms with Crippen LogP contribution in [0.5, 0.6) is 5.75 Å². The van der Waals surface area contributed by atoms with Crippen LogP contribution in [0.2, 0.25) is 0 Å². The van der Waals surface area contributed by atoms with Crippen LogP contribution in [0.1, 0.15) is 19.4 Å². The predicted molar refractivity (Wildman–Crippen MR) is 56.9 cm³/mol. The molecule has 0 aliphatic rings. The molecule has 1 rings (SSSR count). The largest absolute Gasteiger partial charge is 0.508 e. The summed E-state index contributed by atoms with van der Waals surface area (Å²) in [5.74, 6) is -1.13. The summed E-state index contributed by atoms with van der Waals surface area (Å²) in [5, 5.41) is 18.2. The molecule has 0 amide bonds. The van der Waals surface area contributed by atoms with Gasteiger partial charge in [0.15, 0.2) is 0 Å². The fourth-order valence-electron chi connectivity index (χ4n) is 1.35. The molecule has 0 radical (unpaired) electrons. The van der Waals surface area contributed by atoms with E-state index in [2.05, 4.69) is 0 Å². The molecule has 0 fully saturated rings. The van der Waals surface area contributed by atoms with Crippen LogP contribution in [0, 0.1) is 13.8 Å². The van der Waals surface area contributed by atoms with E-state index in [1.54, 1.807) is 0 Å². The third-order valence-electron chi connectivity index (χ3n) is 2.16. The van der Waals surface area contributed by atoms with E-state index in [-0.39, 0.29) is 26.0 Å². The minimum Gasteiger partial charge on any atom is -0.508 e. The summed E-state index contributed by atoms with van der Waals surface area (Å²) in [5.41, 5.74) is 7.07. The zero-order valence-electron chi connectivity index (χ0n) is 10.2. The standard InChI is InChI=1S/C11H15NO3/c1-6-3-8(13)4-7(2)9(6)5-10(12)11(14)15/h3-4,10,13H,5,12H2,1-2H3,(H,14,15)/t10-/m0/s1/i1D,2D. The topological polar surface area (TPSA) is 83.5 Å². The Morgan fingerprint density at radius 3 is 2.47 bits per heavy atom. The highest BCUT2D eigenvalue weighted by atomic mass is 16.4. The monoisotopic (exact) mass is 211 g/mol. The molecule has 4 nitrogen and oxygen atoms in total. The summed E-state index contributed by atoms with van der Waals surface area (Å²) < 4.78 is 14.7. The molecule has 4 heteroatoms. The number of aliphatic carboxylic acids is 1. The number of phenols is 1. The smallest absolute Gasteiger partial charge is 0.320 e. The molecular formula is C11H15NO3. The van der Waals surface area contributed by atoms with E-state index in [1.807, 2.05) is 0 Å². The van der Waals surface area contributed by atoms with Crippen molar-refractivity contribution in [2.24, 2.45) is 5.73 Å². The molecule has 4 N–H and O–H groups in total. The van der Waals surface area contributed by atoms with E-state index in [0.29, 0.717) is 16.7 Å². The lowest BCUT2D eigenvalue weighted by Crippen LogP contribution is -2.32. The second kappa shape index (κ2) is 4.31. The Labute approximate surface area is 91.2 Å². The molecule has 0 heterocycles. The SMILES string of the molecule is [2H]Cc1cc(O)cc(C[2H])c1C[C@H](N)C(=O)O.